The van der Waals surface area contributed by atoms with E-state index in [0.717, 1.165) is 5.76 Å². The highest BCUT2D eigenvalue weighted by atomic mass is 32.2. The second-order valence-electron chi connectivity index (χ2n) is 7.18. The van der Waals surface area contributed by atoms with Crippen molar-refractivity contribution in [2.45, 2.75) is 25.0 Å². The number of likely N-dealkylation sites (N-methyl/N-ethyl adjacent to an activating group) is 1. The maximum Gasteiger partial charge on any atom is 0.243 e. The number of sulfone groups is 1. The van der Waals surface area contributed by atoms with E-state index in [4.69, 9.17) is 4.42 Å². The molecule has 0 aromatic carbocycles. The summed E-state index contributed by atoms with van der Waals surface area (Å²) in [5.41, 5.74) is 0. The van der Waals surface area contributed by atoms with E-state index in [2.05, 4.69) is 10.3 Å². The summed E-state index contributed by atoms with van der Waals surface area (Å²) in [4.78, 5) is 19.7. The molecule has 2 heterocycles. The van der Waals surface area contributed by atoms with Crippen molar-refractivity contribution in [3.63, 3.8) is 0 Å². The van der Waals surface area contributed by atoms with Gasteiger partial charge in [0.25, 0.3) is 0 Å². The quantitative estimate of drug-likeness (QED) is 0.582. The van der Waals surface area contributed by atoms with Gasteiger partial charge in [-0.05, 0) is 26.0 Å². The number of hydrogen-bond donors (Lipinski definition) is 1. The van der Waals surface area contributed by atoms with Gasteiger partial charge in [0.2, 0.25) is 5.91 Å². The number of carbonyl (C=O) groups excluding carboxylic acids is 1. The molecule has 1 aromatic heterocycles. The molecule has 0 aliphatic carbocycles. The first-order valence-corrected chi connectivity index (χ1v) is 10.3. The summed E-state index contributed by atoms with van der Waals surface area (Å²) in [7, 11) is 0.215. The summed E-state index contributed by atoms with van der Waals surface area (Å²) in [6.07, 6.45) is 2.29. The van der Waals surface area contributed by atoms with Crippen molar-refractivity contribution in [1.29, 1.82) is 0 Å². The van der Waals surface area contributed by atoms with Crippen molar-refractivity contribution in [2.24, 2.45) is 4.99 Å². The van der Waals surface area contributed by atoms with E-state index in [1.165, 1.54) is 4.90 Å². The first-order valence-electron chi connectivity index (χ1n) is 8.60. The highest BCUT2D eigenvalue weighted by molar-refractivity contribution is 7.92. The molecule has 1 N–H and O–H groups in total. The predicted molar refractivity (Wildman–Crippen MR) is 101 cm³/mol. The minimum absolute atomic E-state index is 0.0137. The summed E-state index contributed by atoms with van der Waals surface area (Å²) >= 11 is 0. The van der Waals surface area contributed by atoms with Gasteiger partial charge in [0, 0.05) is 40.2 Å². The fraction of sp³-hybridized carbons (Fsp3) is 0.647. The summed E-state index contributed by atoms with van der Waals surface area (Å²) in [6, 6.07) is 3.72. The van der Waals surface area contributed by atoms with Crippen LogP contribution in [0, 0.1) is 0 Å². The zero-order chi connectivity index (χ0) is 19.4. The molecule has 1 aliphatic rings. The largest absolute Gasteiger partial charge is 0.469 e. The van der Waals surface area contributed by atoms with Crippen LogP contribution < -0.4 is 5.32 Å². The Balaban J connectivity index is 2.09. The second kappa shape index (κ2) is 8.11. The predicted octanol–water partition coefficient (Wildman–Crippen LogP) is 0.365. The zero-order valence-corrected chi connectivity index (χ0v) is 16.7. The van der Waals surface area contributed by atoms with Crippen LogP contribution in [-0.2, 0) is 21.1 Å². The van der Waals surface area contributed by atoms with Gasteiger partial charge >= 0.3 is 0 Å². The average Bonchev–Trinajstić information content (AvgIpc) is 3.06. The molecule has 1 aromatic rings. The monoisotopic (exact) mass is 384 g/mol. The van der Waals surface area contributed by atoms with Crippen molar-refractivity contribution in [1.82, 2.24) is 15.1 Å². The van der Waals surface area contributed by atoms with Crippen LogP contribution in [0.3, 0.4) is 0 Å². The van der Waals surface area contributed by atoms with Gasteiger partial charge in [-0.3, -0.25) is 4.79 Å². The molecule has 2 rings (SSSR count). The van der Waals surface area contributed by atoms with E-state index in [9.17, 15) is 13.2 Å². The molecule has 0 bridgehead atoms. The van der Waals surface area contributed by atoms with Gasteiger partial charge < -0.3 is 19.5 Å². The number of nitrogens with one attached hydrogen (secondary N) is 1. The van der Waals surface area contributed by atoms with Gasteiger partial charge in [-0.1, -0.05) is 0 Å². The highest BCUT2D eigenvalue weighted by Crippen LogP contribution is 2.23. The first kappa shape index (κ1) is 20.3. The number of rotatable bonds is 5. The summed E-state index contributed by atoms with van der Waals surface area (Å²) < 4.78 is 28.9. The molecule has 0 spiro atoms. The Morgan fingerprint density at radius 3 is 2.73 bits per heavy atom. The van der Waals surface area contributed by atoms with Crippen molar-refractivity contribution < 1.29 is 17.6 Å². The lowest BCUT2D eigenvalue weighted by atomic mass is 10.2. The van der Waals surface area contributed by atoms with Crippen LogP contribution in [0.5, 0.6) is 0 Å². The number of guanidine groups is 1. The summed E-state index contributed by atoms with van der Waals surface area (Å²) in [6.45, 7) is 4.72. The van der Waals surface area contributed by atoms with Crippen molar-refractivity contribution >= 4 is 21.7 Å². The van der Waals surface area contributed by atoms with Crippen molar-refractivity contribution in [3.8, 4) is 0 Å². The third-order valence-electron chi connectivity index (χ3n) is 4.44. The topological polar surface area (TPSA) is 95.2 Å². The van der Waals surface area contributed by atoms with Crippen LogP contribution in [0.4, 0.5) is 0 Å². The van der Waals surface area contributed by atoms with Gasteiger partial charge in [0.05, 0.1) is 16.8 Å². The molecular formula is C17H28N4O4S. The molecule has 0 unspecified atom stereocenters. The van der Waals surface area contributed by atoms with Crippen LogP contribution in [0.25, 0.3) is 0 Å². The number of aliphatic imine (C=N–C) groups is 1. The van der Waals surface area contributed by atoms with Crippen LogP contribution in [-0.4, -0.2) is 80.9 Å². The van der Waals surface area contributed by atoms with Gasteiger partial charge in [-0.25, -0.2) is 13.4 Å². The smallest absolute Gasteiger partial charge is 0.243 e. The molecule has 1 amide bonds. The molecule has 146 valence electrons. The molecule has 0 saturated carbocycles. The molecule has 9 heteroatoms. The van der Waals surface area contributed by atoms with Crippen LogP contribution in [0.1, 0.15) is 19.6 Å². The minimum atomic E-state index is -3.14. The van der Waals surface area contributed by atoms with Gasteiger partial charge in [0.1, 0.15) is 12.3 Å². The number of carbonyl (C=O) groups is 1. The Kier molecular flexibility index (Phi) is 6.33. The highest BCUT2D eigenvalue weighted by Gasteiger charge is 2.41. The average molecular weight is 385 g/mol. The molecule has 0 atom stereocenters. The van der Waals surface area contributed by atoms with Gasteiger partial charge in [0.15, 0.2) is 15.8 Å². The fourth-order valence-corrected chi connectivity index (χ4v) is 3.99. The summed E-state index contributed by atoms with van der Waals surface area (Å²) in [5, 5.41) is 3.24. The number of nitrogens with zero attached hydrogens (tertiary/aromatic N) is 3. The Labute approximate surface area is 155 Å². The molecule has 0 radical (unpaired) electrons. The van der Waals surface area contributed by atoms with Crippen molar-refractivity contribution in [2.75, 3.05) is 46.0 Å². The minimum Gasteiger partial charge on any atom is -0.469 e. The SMILES string of the molecule is CN(C)C(=O)CN=C(NCCc1ccco1)N1CCS(=O)(=O)C(C)(C)C1. The molecule has 1 fully saturated rings. The number of hydrogen-bond acceptors (Lipinski definition) is 5. The molecule has 1 aliphatic heterocycles. The van der Waals surface area contributed by atoms with Crippen LogP contribution in [0.2, 0.25) is 0 Å². The Morgan fingerprint density at radius 1 is 1.42 bits per heavy atom. The third-order valence-corrected chi connectivity index (χ3v) is 6.97. The van der Waals surface area contributed by atoms with Crippen molar-refractivity contribution in [3.05, 3.63) is 24.2 Å². The van der Waals surface area contributed by atoms with E-state index >= 15 is 0 Å². The fourth-order valence-electron chi connectivity index (χ4n) is 2.63. The second-order valence-corrected chi connectivity index (χ2v) is 9.93. The number of amides is 1. The molecule has 8 nitrogen and oxygen atoms in total. The van der Waals surface area contributed by atoms with E-state index in [0.29, 0.717) is 32.0 Å². The molecular weight excluding hydrogens is 356 g/mol. The Bertz CT molecular complexity index is 739. The lowest BCUT2D eigenvalue weighted by molar-refractivity contribution is -0.127. The lowest BCUT2D eigenvalue weighted by Crippen LogP contribution is -2.57. The maximum absolute atomic E-state index is 12.2. The molecule has 26 heavy (non-hydrogen) atoms. The van der Waals surface area contributed by atoms with Gasteiger partial charge in [-0.15, -0.1) is 0 Å². The maximum atomic E-state index is 12.2. The zero-order valence-electron chi connectivity index (χ0n) is 15.9. The Morgan fingerprint density at radius 2 is 2.15 bits per heavy atom. The van der Waals surface area contributed by atoms with Crippen LogP contribution in [0.15, 0.2) is 27.8 Å². The van der Waals surface area contributed by atoms with E-state index in [1.807, 2.05) is 17.0 Å². The van der Waals surface area contributed by atoms with E-state index < -0.39 is 14.6 Å². The van der Waals surface area contributed by atoms with E-state index in [-0.39, 0.29) is 18.2 Å². The first-order chi connectivity index (χ1) is 12.1. The molecule has 1 saturated heterocycles. The van der Waals surface area contributed by atoms with E-state index in [1.54, 1.807) is 34.2 Å². The van der Waals surface area contributed by atoms with Gasteiger partial charge in [-0.2, -0.15) is 0 Å². The standard InChI is InChI=1S/C17H28N4O4S/c1-17(2)13-21(9-11-26(17,23)24)16(19-12-15(22)20(3)4)18-8-7-14-6-5-10-25-14/h5-6,10H,7-9,11-13H2,1-4H3,(H,18,19). The number of furan rings is 1. The Hall–Kier alpha value is -2.03. The lowest BCUT2D eigenvalue weighted by Gasteiger charge is -2.39. The summed E-state index contributed by atoms with van der Waals surface area (Å²) in [5.74, 6) is 1.36. The van der Waals surface area contributed by atoms with Crippen LogP contribution >= 0.6 is 0 Å². The normalized spacial score (nSPS) is 19.2. The third kappa shape index (κ3) is 5.00.